The quantitative estimate of drug-likeness (QED) is 0.897. The molecule has 6 heteroatoms. The summed E-state index contributed by atoms with van der Waals surface area (Å²) in [5.41, 5.74) is 1.54. The predicted molar refractivity (Wildman–Crippen MR) is 80.5 cm³/mol. The Morgan fingerprint density at radius 1 is 1.30 bits per heavy atom. The van der Waals surface area contributed by atoms with Gasteiger partial charge in [0.25, 0.3) is 0 Å². The summed E-state index contributed by atoms with van der Waals surface area (Å²) < 4.78 is 0. The Kier molecular flexibility index (Phi) is 5.23. The highest BCUT2D eigenvalue weighted by Crippen LogP contribution is 2.22. The van der Waals surface area contributed by atoms with Gasteiger partial charge in [-0.15, -0.1) is 0 Å². The highest BCUT2D eigenvalue weighted by atomic mass is 35.5. The lowest BCUT2D eigenvalue weighted by atomic mass is 10.1. The van der Waals surface area contributed by atoms with Crippen LogP contribution in [0.2, 0.25) is 5.02 Å². The molecule has 1 aromatic rings. The van der Waals surface area contributed by atoms with E-state index in [1.165, 1.54) is 0 Å². The van der Waals surface area contributed by atoms with Gasteiger partial charge in [-0.1, -0.05) is 24.6 Å². The first-order valence-corrected chi connectivity index (χ1v) is 7.19. The van der Waals surface area contributed by atoms with E-state index in [-0.39, 0.29) is 0 Å². The number of benzene rings is 1. The van der Waals surface area contributed by atoms with E-state index in [1.807, 2.05) is 6.07 Å². The van der Waals surface area contributed by atoms with Crippen molar-refractivity contribution in [3.05, 3.63) is 28.8 Å². The Morgan fingerprint density at radius 2 is 1.95 bits per heavy atom. The lowest BCUT2D eigenvalue weighted by Crippen LogP contribution is -2.45. The van der Waals surface area contributed by atoms with Gasteiger partial charge in [0, 0.05) is 43.4 Å². The minimum absolute atomic E-state index is 0.502. The SMILES string of the molecule is CCN1CCN(Cc2ccc(NC(=O)O)cc2Cl)CC1. The summed E-state index contributed by atoms with van der Waals surface area (Å²) in [6.45, 7) is 8.35. The Balaban J connectivity index is 1.95. The molecule has 0 atom stereocenters. The van der Waals surface area contributed by atoms with Crippen LogP contribution in [0.15, 0.2) is 18.2 Å². The molecule has 0 aliphatic carbocycles. The minimum atomic E-state index is -1.08. The van der Waals surface area contributed by atoms with Crippen LogP contribution in [0.5, 0.6) is 0 Å². The second-order valence-corrected chi connectivity index (χ2v) is 5.35. The molecule has 1 aliphatic heterocycles. The summed E-state index contributed by atoms with van der Waals surface area (Å²) in [6.07, 6.45) is -1.08. The van der Waals surface area contributed by atoms with Gasteiger partial charge in [0.1, 0.15) is 0 Å². The molecule has 1 amide bonds. The van der Waals surface area contributed by atoms with Crippen LogP contribution in [0, 0.1) is 0 Å². The zero-order valence-electron chi connectivity index (χ0n) is 11.6. The van der Waals surface area contributed by atoms with Crippen LogP contribution < -0.4 is 5.32 Å². The molecule has 1 saturated heterocycles. The van der Waals surface area contributed by atoms with Gasteiger partial charge in [0.05, 0.1) is 0 Å². The average molecular weight is 298 g/mol. The Bertz CT molecular complexity index is 473. The van der Waals surface area contributed by atoms with E-state index in [0.29, 0.717) is 10.7 Å². The molecule has 0 unspecified atom stereocenters. The Hall–Kier alpha value is -1.30. The normalized spacial score (nSPS) is 17.1. The number of carboxylic acid groups (broad SMARTS) is 1. The molecule has 1 fully saturated rings. The van der Waals surface area contributed by atoms with Crippen molar-refractivity contribution in [1.29, 1.82) is 0 Å². The van der Waals surface area contributed by atoms with Crippen molar-refractivity contribution in [3.63, 3.8) is 0 Å². The molecule has 2 N–H and O–H groups in total. The Labute approximate surface area is 124 Å². The van der Waals surface area contributed by atoms with Crippen LogP contribution in [-0.4, -0.2) is 53.7 Å². The topological polar surface area (TPSA) is 55.8 Å². The standard InChI is InChI=1S/C14H20ClN3O2/c1-2-17-5-7-18(8-6-17)10-11-3-4-12(9-13(11)15)16-14(19)20/h3-4,9,16H,2,5-8,10H2,1H3,(H,19,20). The van der Waals surface area contributed by atoms with E-state index in [2.05, 4.69) is 22.0 Å². The van der Waals surface area contributed by atoms with Crippen molar-refractivity contribution in [3.8, 4) is 0 Å². The smallest absolute Gasteiger partial charge is 0.409 e. The fourth-order valence-electron chi connectivity index (χ4n) is 2.38. The molecule has 2 rings (SSSR count). The summed E-state index contributed by atoms with van der Waals surface area (Å²) in [5.74, 6) is 0. The number of likely N-dealkylation sites (N-methyl/N-ethyl adjacent to an activating group) is 1. The van der Waals surface area contributed by atoms with Crippen molar-refractivity contribution in [1.82, 2.24) is 9.80 Å². The minimum Gasteiger partial charge on any atom is -0.465 e. The third kappa shape index (κ3) is 4.10. The molecular formula is C14H20ClN3O2. The van der Waals surface area contributed by atoms with E-state index in [1.54, 1.807) is 12.1 Å². The predicted octanol–water partition coefficient (Wildman–Crippen LogP) is 2.57. The molecule has 1 heterocycles. The number of hydrogen-bond acceptors (Lipinski definition) is 3. The monoisotopic (exact) mass is 297 g/mol. The summed E-state index contributed by atoms with van der Waals surface area (Å²) in [6, 6.07) is 5.30. The van der Waals surface area contributed by atoms with E-state index in [0.717, 1.165) is 44.8 Å². The van der Waals surface area contributed by atoms with E-state index >= 15 is 0 Å². The number of anilines is 1. The first kappa shape index (κ1) is 15.1. The molecule has 1 aliphatic rings. The van der Waals surface area contributed by atoms with Crippen molar-refractivity contribution < 1.29 is 9.90 Å². The fourth-order valence-corrected chi connectivity index (χ4v) is 2.62. The summed E-state index contributed by atoms with van der Waals surface area (Å²) in [4.78, 5) is 15.4. The highest BCUT2D eigenvalue weighted by molar-refractivity contribution is 6.31. The molecule has 1 aromatic carbocycles. The molecule has 0 saturated carbocycles. The molecular weight excluding hydrogens is 278 g/mol. The van der Waals surface area contributed by atoms with Gasteiger partial charge in [-0.3, -0.25) is 10.2 Å². The molecule has 110 valence electrons. The number of carbonyl (C=O) groups is 1. The van der Waals surface area contributed by atoms with Crippen molar-refractivity contribution >= 4 is 23.4 Å². The number of rotatable bonds is 4. The van der Waals surface area contributed by atoms with Crippen LogP contribution in [0.3, 0.4) is 0 Å². The largest absolute Gasteiger partial charge is 0.465 e. The second-order valence-electron chi connectivity index (χ2n) is 4.95. The molecule has 20 heavy (non-hydrogen) atoms. The molecule has 0 spiro atoms. The first-order valence-electron chi connectivity index (χ1n) is 6.81. The van der Waals surface area contributed by atoms with Gasteiger partial charge in [0.2, 0.25) is 0 Å². The van der Waals surface area contributed by atoms with Crippen molar-refractivity contribution in [2.75, 3.05) is 38.0 Å². The zero-order chi connectivity index (χ0) is 14.5. The van der Waals surface area contributed by atoms with Gasteiger partial charge >= 0.3 is 6.09 Å². The Morgan fingerprint density at radius 3 is 2.50 bits per heavy atom. The maximum absolute atomic E-state index is 10.6. The maximum Gasteiger partial charge on any atom is 0.409 e. The van der Waals surface area contributed by atoms with E-state index in [9.17, 15) is 4.79 Å². The fraction of sp³-hybridized carbons (Fsp3) is 0.500. The number of piperazine rings is 1. The number of nitrogens with zero attached hydrogens (tertiary/aromatic N) is 2. The lowest BCUT2D eigenvalue weighted by Gasteiger charge is -2.34. The van der Waals surface area contributed by atoms with Gasteiger partial charge in [-0.2, -0.15) is 0 Å². The maximum atomic E-state index is 10.6. The number of nitrogens with one attached hydrogen (secondary N) is 1. The summed E-state index contributed by atoms with van der Waals surface area (Å²) in [5, 5.41) is 11.6. The van der Waals surface area contributed by atoms with Crippen molar-refractivity contribution in [2.45, 2.75) is 13.5 Å². The second kappa shape index (κ2) is 6.92. The van der Waals surface area contributed by atoms with E-state index in [4.69, 9.17) is 16.7 Å². The number of hydrogen-bond donors (Lipinski definition) is 2. The summed E-state index contributed by atoms with van der Waals surface area (Å²) in [7, 11) is 0. The third-order valence-electron chi connectivity index (χ3n) is 3.61. The van der Waals surface area contributed by atoms with Gasteiger partial charge in [-0.05, 0) is 24.2 Å². The van der Waals surface area contributed by atoms with Crippen LogP contribution >= 0.6 is 11.6 Å². The van der Waals surface area contributed by atoms with Gasteiger partial charge in [-0.25, -0.2) is 4.79 Å². The first-order chi connectivity index (χ1) is 9.58. The molecule has 0 radical (unpaired) electrons. The molecule has 5 nitrogen and oxygen atoms in total. The highest BCUT2D eigenvalue weighted by Gasteiger charge is 2.16. The van der Waals surface area contributed by atoms with Crippen LogP contribution in [0.1, 0.15) is 12.5 Å². The van der Waals surface area contributed by atoms with E-state index < -0.39 is 6.09 Å². The van der Waals surface area contributed by atoms with Gasteiger partial charge in [0.15, 0.2) is 0 Å². The van der Waals surface area contributed by atoms with Crippen molar-refractivity contribution in [2.24, 2.45) is 0 Å². The lowest BCUT2D eigenvalue weighted by molar-refractivity contribution is 0.132. The van der Waals surface area contributed by atoms with Crippen LogP contribution in [0.25, 0.3) is 0 Å². The third-order valence-corrected chi connectivity index (χ3v) is 3.96. The molecule has 0 bridgehead atoms. The van der Waals surface area contributed by atoms with Crippen LogP contribution in [-0.2, 0) is 6.54 Å². The van der Waals surface area contributed by atoms with Gasteiger partial charge < -0.3 is 10.0 Å². The molecule has 0 aromatic heterocycles. The number of halogens is 1. The zero-order valence-corrected chi connectivity index (χ0v) is 12.4. The van der Waals surface area contributed by atoms with Crippen LogP contribution in [0.4, 0.5) is 10.5 Å². The average Bonchev–Trinajstić information content (AvgIpc) is 2.42. The number of amides is 1. The summed E-state index contributed by atoms with van der Waals surface area (Å²) >= 11 is 6.22.